The average molecular weight is 395 g/mol. The minimum atomic E-state index is -0.839. The lowest BCUT2D eigenvalue weighted by Gasteiger charge is -2.38. The van der Waals surface area contributed by atoms with Crippen LogP contribution in [-0.4, -0.2) is 28.9 Å². The van der Waals surface area contributed by atoms with Gasteiger partial charge in [-0.3, -0.25) is 0 Å². The summed E-state index contributed by atoms with van der Waals surface area (Å²) in [5.74, 6) is 0.500. The Morgan fingerprint density at radius 3 is 2.38 bits per heavy atom. The normalized spacial score (nSPS) is 18.0. The molecule has 1 heterocycles. The number of guanidine groups is 2. The van der Waals surface area contributed by atoms with E-state index in [1.54, 1.807) is 13.8 Å². The van der Waals surface area contributed by atoms with Crippen LogP contribution < -0.4 is 16.2 Å². The monoisotopic (exact) mass is 393 g/mol. The van der Waals surface area contributed by atoms with Crippen LogP contribution in [0, 0.1) is 0 Å². The fraction of sp³-hybridized carbons (Fsp3) is 0.429. The molecule has 2 rings (SSSR count). The Labute approximate surface area is 155 Å². The van der Waals surface area contributed by atoms with Gasteiger partial charge in [0.1, 0.15) is 5.75 Å². The number of nitrogens with two attached hydrogens (primary N) is 2. The molecule has 0 fully saturated rings. The summed E-state index contributed by atoms with van der Waals surface area (Å²) in [5, 5.41) is 2.31. The van der Waals surface area contributed by atoms with Gasteiger partial charge in [0.25, 0.3) is 0 Å². The van der Waals surface area contributed by atoms with Crippen LogP contribution in [0.5, 0.6) is 5.75 Å². The third-order valence-corrected chi connectivity index (χ3v) is 4.13. The number of aliphatic imine (C=N–C) groups is 2. The summed E-state index contributed by atoms with van der Waals surface area (Å²) >= 11 is 18.0. The van der Waals surface area contributed by atoms with Gasteiger partial charge in [-0.15, -0.1) is 0 Å². The molecular weight excluding hydrogens is 377 g/mol. The molecule has 1 aliphatic heterocycles. The molecule has 1 aliphatic rings. The topological polar surface area (TPSA) is 98.5 Å². The Balaban J connectivity index is 2.19. The number of hydrogen-bond acceptors (Lipinski definition) is 7. The van der Waals surface area contributed by atoms with E-state index in [2.05, 4.69) is 9.98 Å². The fourth-order valence-corrected chi connectivity index (χ4v) is 2.59. The van der Waals surface area contributed by atoms with Crippen LogP contribution in [0.3, 0.4) is 0 Å². The second-order valence-corrected chi connectivity index (χ2v) is 6.71. The fourth-order valence-electron chi connectivity index (χ4n) is 2.01. The summed E-state index contributed by atoms with van der Waals surface area (Å²) in [6, 6.07) is 3.02. The largest absolute Gasteiger partial charge is 0.461 e. The molecule has 0 spiro atoms. The van der Waals surface area contributed by atoms with Crippen LogP contribution >= 0.6 is 34.8 Å². The molecule has 1 aromatic rings. The van der Waals surface area contributed by atoms with E-state index in [0.717, 1.165) is 0 Å². The molecular formula is C14H18Cl3N5O2. The molecule has 1 atom stereocenters. The number of nitrogens with zero attached hydrogens (tertiary/aromatic N) is 3. The molecule has 4 N–H and O–H groups in total. The first kappa shape index (κ1) is 18.9. The maximum atomic E-state index is 6.13. The minimum Gasteiger partial charge on any atom is -0.461 e. The van der Waals surface area contributed by atoms with E-state index < -0.39 is 12.0 Å². The van der Waals surface area contributed by atoms with E-state index in [1.165, 1.54) is 17.2 Å². The van der Waals surface area contributed by atoms with Gasteiger partial charge in [0.15, 0.2) is 5.66 Å². The molecule has 0 saturated carbocycles. The molecule has 7 nitrogen and oxygen atoms in total. The van der Waals surface area contributed by atoms with Crippen molar-refractivity contribution in [3.63, 3.8) is 0 Å². The van der Waals surface area contributed by atoms with Gasteiger partial charge in [-0.2, -0.15) is 10.1 Å². The number of ether oxygens (including phenoxy) is 1. The van der Waals surface area contributed by atoms with Crippen molar-refractivity contribution >= 4 is 46.7 Å². The van der Waals surface area contributed by atoms with Gasteiger partial charge in [0.2, 0.25) is 18.2 Å². The number of halogens is 3. The van der Waals surface area contributed by atoms with Crippen LogP contribution in [0.4, 0.5) is 0 Å². The number of hydroxylamine groups is 2. The lowest BCUT2D eigenvalue weighted by atomic mass is 10.2. The van der Waals surface area contributed by atoms with Crippen molar-refractivity contribution in [2.45, 2.75) is 39.1 Å². The highest BCUT2D eigenvalue weighted by Crippen LogP contribution is 2.35. The third-order valence-electron chi connectivity index (χ3n) is 3.11. The zero-order chi connectivity index (χ0) is 18.1. The predicted molar refractivity (Wildman–Crippen MR) is 96.4 cm³/mol. The highest BCUT2D eigenvalue weighted by Gasteiger charge is 2.35. The van der Waals surface area contributed by atoms with Crippen molar-refractivity contribution in [3.8, 4) is 5.75 Å². The first-order valence-corrected chi connectivity index (χ1v) is 8.25. The van der Waals surface area contributed by atoms with Crippen molar-refractivity contribution in [2.75, 3.05) is 0 Å². The Morgan fingerprint density at radius 1 is 1.17 bits per heavy atom. The first-order valence-electron chi connectivity index (χ1n) is 7.11. The lowest BCUT2D eigenvalue weighted by molar-refractivity contribution is -0.250. The Kier molecular flexibility index (Phi) is 5.70. The van der Waals surface area contributed by atoms with Gasteiger partial charge in [-0.05, 0) is 19.9 Å². The van der Waals surface area contributed by atoms with Crippen LogP contribution in [0.25, 0.3) is 0 Å². The van der Waals surface area contributed by atoms with E-state index in [4.69, 9.17) is 55.8 Å². The number of rotatable bonds is 5. The van der Waals surface area contributed by atoms with Crippen molar-refractivity contribution in [1.82, 2.24) is 5.06 Å². The zero-order valence-electron chi connectivity index (χ0n) is 13.4. The molecule has 0 amide bonds. The van der Waals surface area contributed by atoms with Gasteiger partial charge < -0.3 is 16.2 Å². The van der Waals surface area contributed by atoms with Crippen LogP contribution in [0.15, 0.2) is 22.1 Å². The van der Waals surface area contributed by atoms with Crippen LogP contribution in [0.2, 0.25) is 15.1 Å². The summed E-state index contributed by atoms with van der Waals surface area (Å²) in [7, 11) is 0. The summed E-state index contributed by atoms with van der Waals surface area (Å²) in [6.45, 7) is 5.43. The molecule has 0 radical (unpaired) electrons. The van der Waals surface area contributed by atoms with Crippen molar-refractivity contribution in [3.05, 3.63) is 27.2 Å². The molecule has 132 valence electrons. The summed E-state index contributed by atoms with van der Waals surface area (Å²) in [5.41, 5.74) is 10.7. The minimum absolute atomic E-state index is 0.0785. The predicted octanol–water partition coefficient (Wildman–Crippen LogP) is 3.37. The highest BCUT2D eigenvalue weighted by atomic mass is 35.5. The maximum absolute atomic E-state index is 6.13. The van der Waals surface area contributed by atoms with Crippen LogP contribution in [-0.2, 0) is 4.84 Å². The van der Waals surface area contributed by atoms with Gasteiger partial charge in [-0.25, -0.2) is 9.83 Å². The van der Waals surface area contributed by atoms with E-state index >= 15 is 0 Å². The Hall–Kier alpha value is -1.41. The van der Waals surface area contributed by atoms with E-state index in [9.17, 15) is 0 Å². The maximum Gasteiger partial charge on any atom is 0.226 e. The van der Waals surface area contributed by atoms with Gasteiger partial charge in [0.05, 0.1) is 15.1 Å². The smallest absolute Gasteiger partial charge is 0.226 e. The summed E-state index contributed by atoms with van der Waals surface area (Å²) < 4.78 is 5.77. The number of benzene rings is 1. The molecule has 10 heteroatoms. The molecule has 0 bridgehead atoms. The Morgan fingerprint density at radius 2 is 1.79 bits per heavy atom. The van der Waals surface area contributed by atoms with E-state index in [-0.39, 0.29) is 11.9 Å². The van der Waals surface area contributed by atoms with Gasteiger partial charge >= 0.3 is 0 Å². The molecule has 0 aromatic heterocycles. The van der Waals surface area contributed by atoms with Crippen LogP contribution in [0.1, 0.15) is 27.2 Å². The molecule has 0 aliphatic carbocycles. The van der Waals surface area contributed by atoms with E-state index in [0.29, 0.717) is 27.2 Å². The van der Waals surface area contributed by atoms with Gasteiger partial charge in [-0.1, -0.05) is 41.7 Å². The average Bonchev–Trinajstić information content (AvgIpc) is 2.46. The summed E-state index contributed by atoms with van der Waals surface area (Å²) in [4.78, 5) is 13.9. The standard InChI is InChI=1S/C14H18Cl3N5O2/c1-4-11(23-10-6-8(16)7(15)5-9(10)17)24-22-13(19)20-12(18)21-14(22,2)3/h5-6,11H,4H2,1-3H3,(H4,18,19,20,21). The first-order chi connectivity index (χ1) is 11.1. The summed E-state index contributed by atoms with van der Waals surface area (Å²) in [6.07, 6.45) is -0.211. The SMILES string of the molecule is CCC(Oc1cc(Cl)c(Cl)cc1Cl)ON1C(N)=NC(N)=NC1(C)C. The highest BCUT2D eigenvalue weighted by molar-refractivity contribution is 6.43. The lowest BCUT2D eigenvalue weighted by Crippen LogP contribution is -2.55. The van der Waals surface area contributed by atoms with E-state index in [1.807, 2.05) is 6.92 Å². The van der Waals surface area contributed by atoms with Gasteiger partial charge in [0, 0.05) is 12.5 Å². The van der Waals surface area contributed by atoms with Crippen molar-refractivity contribution in [1.29, 1.82) is 0 Å². The quantitative estimate of drug-likeness (QED) is 0.589. The number of hydrogen-bond donors (Lipinski definition) is 2. The third kappa shape index (κ3) is 4.16. The molecule has 0 saturated heterocycles. The second kappa shape index (κ2) is 7.23. The Bertz CT molecular complexity index is 693. The van der Waals surface area contributed by atoms with Crippen molar-refractivity contribution < 1.29 is 9.57 Å². The molecule has 24 heavy (non-hydrogen) atoms. The molecule has 1 aromatic carbocycles. The second-order valence-electron chi connectivity index (χ2n) is 5.49. The van der Waals surface area contributed by atoms with Crippen molar-refractivity contribution in [2.24, 2.45) is 21.5 Å². The zero-order valence-corrected chi connectivity index (χ0v) is 15.7. The molecule has 1 unspecified atom stereocenters.